The highest BCUT2D eigenvalue weighted by molar-refractivity contribution is 6.30. The Morgan fingerprint density at radius 1 is 1.14 bits per heavy atom. The molecule has 0 unspecified atom stereocenters. The van der Waals surface area contributed by atoms with E-state index in [-0.39, 0.29) is 18.3 Å². The molecule has 6 nitrogen and oxygen atoms in total. The van der Waals surface area contributed by atoms with E-state index in [1.807, 2.05) is 53.2 Å². The van der Waals surface area contributed by atoms with Crippen molar-refractivity contribution in [2.75, 3.05) is 13.1 Å². The summed E-state index contributed by atoms with van der Waals surface area (Å²) in [5, 5.41) is 15.2. The van der Waals surface area contributed by atoms with Crippen molar-refractivity contribution in [3.63, 3.8) is 0 Å². The summed E-state index contributed by atoms with van der Waals surface area (Å²) in [6.07, 6.45) is 3.74. The molecule has 2 heterocycles. The molecule has 1 saturated heterocycles. The van der Waals surface area contributed by atoms with Gasteiger partial charge in [0.15, 0.2) is 5.69 Å². The summed E-state index contributed by atoms with van der Waals surface area (Å²) in [6.45, 7) is 2.35. The molecule has 1 aliphatic heterocycles. The van der Waals surface area contributed by atoms with Gasteiger partial charge in [-0.3, -0.25) is 4.79 Å². The predicted molar refractivity (Wildman–Crippen MR) is 116 cm³/mol. The molecule has 1 aromatic heterocycles. The molecule has 2 aromatic carbocycles. The molecule has 1 amide bonds. The predicted octanol–water partition coefficient (Wildman–Crippen LogP) is 3.87. The van der Waals surface area contributed by atoms with Crippen molar-refractivity contribution in [1.82, 2.24) is 25.6 Å². The highest BCUT2D eigenvalue weighted by Gasteiger charge is 2.18. The first-order valence-corrected chi connectivity index (χ1v) is 9.83. The fourth-order valence-electron chi connectivity index (χ4n) is 3.48. The van der Waals surface area contributed by atoms with E-state index in [4.69, 9.17) is 11.6 Å². The average molecular weight is 432 g/mol. The molecule has 2 N–H and O–H groups in total. The van der Waals surface area contributed by atoms with Gasteiger partial charge in [0, 0.05) is 11.6 Å². The number of amides is 1. The molecule has 0 radical (unpaired) electrons. The summed E-state index contributed by atoms with van der Waals surface area (Å²) in [5.74, 6) is -0.217. The summed E-state index contributed by atoms with van der Waals surface area (Å²) < 4.78 is 1.82. The number of rotatable bonds is 5. The topological polar surface area (TPSA) is 71.8 Å². The lowest BCUT2D eigenvalue weighted by Gasteiger charge is -2.22. The van der Waals surface area contributed by atoms with Gasteiger partial charge in [-0.2, -0.15) is 0 Å². The van der Waals surface area contributed by atoms with Crippen LogP contribution >= 0.6 is 24.0 Å². The van der Waals surface area contributed by atoms with Gasteiger partial charge in [0.25, 0.3) is 5.91 Å². The Hall–Kier alpha value is -2.41. The van der Waals surface area contributed by atoms with Crippen LogP contribution in [0.1, 0.15) is 34.9 Å². The highest BCUT2D eigenvalue weighted by atomic mass is 35.5. The van der Waals surface area contributed by atoms with Gasteiger partial charge in [-0.15, -0.1) is 17.5 Å². The first-order chi connectivity index (χ1) is 13.7. The lowest BCUT2D eigenvalue weighted by molar-refractivity contribution is 0.0946. The zero-order valence-corrected chi connectivity index (χ0v) is 17.4. The molecule has 0 bridgehead atoms. The molecule has 4 rings (SSSR count). The molecule has 0 aliphatic carbocycles. The molecular weight excluding hydrogens is 409 g/mol. The quantitative estimate of drug-likeness (QED) is 0.642. The molecule has 1 fully saturated rings. The standard InChI is InChI=1S/C21H22ClN5O.ClH/c22-17-7-5-15(6-8-17)19-4-2-1-3-16(19)13-24-21(28)20-14-27(26-25-20)18-9-11-23-12-10-18;/h1-8,14,18,23H,9-13H2,(H,24,28);1H. The first-order valence-electron chi connectivity index (χ1n) is 9.45. The molecule has 0 spiro atoms. The van der Waals surface area contributed by atoms with Gasteiger partial charge in [-0.1, -0.05) is 53.2 Å². The van der Waals surface area contributed by atoms with Gasteiger partial charge in [-0.05, 0) is 54.8 Å². The minimum absolute atomic E-state index is 0. The van der Waals surface area contributed by atoms with E-state index >= 15 is 0 Å². The van der Waals surface area contributed by atoms with Crippen molar-refractivity contribution in [3.8, 4) is 11.1 Å². The van der Waals surface area contributed by atoms with Crippen LogP contribution in [0, 0.1) is 0 Å². The van der Waals surface area contributed by atoms with Crippen molar-refractivity contribution < 1.29 is 4.79 Å². The second kappa shape index (κ2) is 9.87. The van der Waals surface area contributed by atoms with Crippen LogP contribution < -0.4 is 10.6 Å². The van der Waals surface area contributed by atoms with Crippen LogP contribution in [0.5, 0.6) is 0 Å². The first kappa shape index (κ1) is 21.3. The second-order valence-electron chi connectivity index (χ2n) is 6.91. The Morgan fingerprint density at radius 2 is 1.86 bits per heavy atom. The van der Waals surface area contributed by atoms with Gasteiger partial charge in [-0.25, -0.2) is 4.68 Å². The van der Waals surface area contributed by atoms with Gasteiger partial charge in [0.05, 0.1) is 12.2 Å². The van der Waals surface area contributed by atoms with Crippen LogP contribution in [0.3, 0.4) is 0 Å². The van der Waals surface area contributed by atoms with E-state index in [0.717, 1.165) is 42.6 Å². The van der Waals surface area contributed by atoms with E-state index in [9.17, 15) is 4.79 Å². The number of nitrogens with one attached hydrogen (secondary N) is 2. The van der Waals surface area contributed by atoms with E-state index in [2.05, 4.69) is 20.9 Å². The van der Waals surface area contributed by atoms with Crippen LogP contribution in [0.15, 0.2) is 54.7 Å². The maximum atomic E-state index is 12.5. The number of aromatic nitrogens is 3. The van der Waals surface area contributed by atoms with Crippen LogP contribution in [-0.4, -0.2) is 34.0 Å². The summed E-state index contributed by atoms with van der Waals surface area (Å²) in [4.78, 5) is 12.5. The number of hydrogen-bond donors (Lipinski definition) is 2. The minimum atomic E-state index is -0.217. The number of carbonyl (C=O) groups excluding carboxylic acids is 1. The molecule has 0 saturated carbocycles. The number of carbonyl (C=O) groups is 1. The molecule has 152 valence electrons. The summed E-state index contributed by atoms with van der Waals surface area (Å²) in [6, 6.07) is 16.0. The smallest absolute Gasteiger partial charge is 0.273 e. The van der Waals surface area contributed by atoms with Crippen molar-refractivity contribution >= 4 is 29.9 Å². The minimum Gasteiger partial charge on any atom is -0.346 e. The van der Waals surface area contributed by atoms with Crippen molar-refractivity contribution in [1.29, 1.82) is 0 Å². The van der Waals surface area contributed by atoms with Gasteiger partial charge in [0.2, 0.25) is 0 Å². The fraction of sp³-hybridized carbons (Fsp3) is 0.286. The third-order valence-corrected chi connectivity index (χ3v) is 5.29. The van der Waals surface area contributed by atoms with E-state index in [0.29, 0.717) is 23.3 Å². The van der Waals surface area contributed by atoms with Crippen LogP contribution in [-0.2, 0) is 6.54 Å². The lowest BCUT2D eigenvalue weighted by atomic mass is 10.00. The monoisotopic (exact) mass is 431 g/mol. The maximum absolute atomic E-state index is 12.5. The highest BCUT2D eigenvalue weighted by Crippen LogP contribution is 2.25. The third kappa shape index (κ3) is 5.15. The Balaban J connectivity index is 0.00000240. The van der Waals surface area contributed by atoms with Crippen molar-refractivity contribution in [2.45, 2.75) is 25.4 Å². The van der Waals surface area contributed by atoms with Crippen molar-refractivity contribution in [2.24, 2.45) is 0 Å². The van der Waals surface area contributed by atoms with E-state index < -0.39 is 0 Å². The largest absolute Gasteiger partial charge is 0.346 e. The van der Waals surface area contributed by atoms with E-state index in [1.54, 1.807) is 6.20 Å². The SMILES string of the molecule is Cl.O=C(NCc1ccccc1-c1ccc(Cl)cc1)c1cn(C2CCNCC2)nn1. The summed E-state index contributed by atoms with van der Waals surface area (Å²) >= 11 is 5.99. The molecular formula is C21H23Cl2N5O. The Kier molecular flexibility index (Phi) is 7.25. The summed E-state index contributed by atoms with van der Waals surface area (Å²) in [5.41, 5.74) is 3.51. The summed E-state index contributed by atoms with van der Waals surface area (Å²) in [7, 11) is 0. The maximum Gasteiger partial charge on any atom is 0.273 e. The molecule has 0 atom stereocenters. The van der Waals surface area contributed by atoms with Gasteiger partial charge < -0.3 is 10.6 Å². The number of piperidine rings is 1. The number of hydrogen-bond acceptors (Lipinski definition) is 4. The van der Waals surface area contributed by atoms with Gasteiger partial charge in [0.1, 0.15) is 0 Å². The lowest BCUT2D eigenvalue weighted by Crippen LogP contribution is -2.29. The Morgan fingerprint density at radius 3 is 2.62 bits per heavy atom. The second-order valence-corrected chi connectivity index (χ2v) is 7.35. The van der Waals surface area contributed by atoms with Gasteiger partial charge >= 0.3 is 0 Å². The number of nitrogens with zero attached hydrogens (tertiary/aromatic N) is 3. The van der Waals surface area contributed by atoms with Crippen LogP contribution in [0.2, 0.25) is 5.02 Å². The van der Waals surface area contributed by atoms with Crippen LogP contribution in [0.4, 0.5) is 0 Å². The van der Waals surface area contributed by atoms with Crippen molar-refractivity contribution in [3.05, 3.63) is 71.0 Å². The number of benzene rings is 2. The molecule has 29 heavy (non-hydrogen) atoms. The van der Waals surface area contributed by atoms with E-state index in [1.165, 1.54) is 0 Å². The molecule has 8 heteroatoms. The molecule has 3 aromatic rings. The normalized spacial score (nSPS) is 14.2. The fourth-order valence-corrected chi connectivity index (χ4v) is 3.61. The molecule has 1 aliphatic rings. The Labute approximate surface area is 181 Å². The number of halogens is 2. The zero-order chi connectivity index (χ0) is 19.3. The third-order valence-electron chi connectivity index (χ3n) is 5.04. The Bertz CT molecular complexity index is 952. The average Bonchev–Trinajstić information content (AvgIpc) is 3.24. The van der Waals surface area contributed by atoms with Crippen LogP contribution in [0.25, 0.3) is 11.1 Å². The zero-order valence-electron chi connectivity index (χ0n) is 15.8.